The number of hydrogen-bond acceptors (Lipinski definition) is 5. The number of rotatable bonds is 3. The lowest BCUT2D eigenvalue weighted by Gasteiger charge is -2.29. The maximum Gasteiger partial charge on any atom is 0.225 e. The number of amides is 1. The molecular weight excluding hydrogens is 304 g/mol. The van der Waals surface area contributed by atoms with Gasteiger partial charge in [0.05, 0.1) is 13.2 Å². The summed E-state index contributed by atoms with van der Waals surface area (Å²) in [5.74, 6) is 1.32. The number of carbonyl (C=O) groups excluding carboxylic acids is 1. The topological polar surface area (TPSA) is 67.4 Å². The summed E-state index contributed by atoms with van der Waals surface area (Å²) in [7, 11) is 0. The van der Waals surface area contributed by atoms with Gasteiger partial charge in [-0.05, 0) is 37.7 Å². The third-order valence-electron chi connectivity index (χ3n) is 5.50. The summed E-state index contributed by atoms with van der Waals surface area (Å²) in [4.78, 5) is 23.8. The Bertz CT molecular complexity index is 595. The predicted molar refractivity (Wildman–Crippen MR) is 91.0 cm³/mol. The number of nitrogens with zero attached hydrogens (tertiary/aromatic N) is 3. The number of morpholine rings is 1. The Labute approximate surface area is 143 Å². The summed E-state index contributed by atoms with van der Waals surface area (Å²) in [6.45, 7) is 3.21. The second kappa shape index (κ2) is 7.05. The van der Waals surface area contributed by atoms with Crippen molar-refractivity contribution in [3.63, 3.8) is 0 Å². The van der Waals surface area contributed by atoms with Gasteiger partial charge in [0.1, 0.15) is 0 Å². The minimum Gasteiger partial charge on any atom is -0.378 e. The number of aromatic nitrogens is 2. The number of fused-ring (bicyclic) bond motifs is 1. The number of ether oxygens (including phenoxy) is 1. The average Bonchev–Trinajstić information content (AvgIpc) is 3.17. The van der Waals surface area contributed by atoms with Crippen LogP contribution in [0.5, 0.6) is 0 Å². The van der Waals surface area contributed by atoms with E-state index in [0.29, 0.717) is 0 Å². The lowest BCUT2D eigenvalue weighted by atomic mass is 9.92. The summed E-state index contributed by atoms with van der Waals surface area (Å²) in [5, 5.41) is 3.26. The van der Waals surface area contributed by atoms with Crippen LogP contribution in [0.1, 0.15) is 43.4 Å². The highest BCUT2D eigenvalue weighted by Crippen LogP contribution is 2.26. The maximum atomic E-state index is 12.3. The SMILES string of the molecule is O=C(NC1CCc2nc(N3CCOCC3)ncc2C1)C1CCCC1. The zero-order valence-electron chi connectivity index (χ0n) is 14.2. The van der Waals surface area contributed by atoms with E-state index < -0.39 is 0 Å². The zero-order valence-corrected chi connectivity index (χ0v) is 14.2. The Morgan fingerprint density at radius 1 is 1.21 bits per heavy atom. The molecule has 1 aromatic heterocycles. The van der Waals surface area contributed by atoms with Crippen molar-refractivity contribution in [3.8, 4) is 0 Å². The first-order chi connectivity index (χ1) is 11.8. The van der Waals surface area contributed by atoms with Crippen LogP contribution in [0, 0.1) is 5.92 Å². The third-order valence-corrected chi connectivity index (χ3v) is 5.50. The van der Waals surface area contributed by atoms with E-state index in [9.17, 15) is 4.79 Å². The van der Waals surface area contributed by atoms with E-state index in [1.807, 2.05) is 6.20 Å². The van der Waals surface area contributed by atoms with Gasteiger partial charge in [0.25, 0.3) is 0 Å². The number of aryl methyl sites for hydroxylation is 1. The van der Waals surface area contributed by atoms with Gasteiger partial charge in [-0.2, -0.15) is 0 Å². The summed E-state index contributed by atoms with van der Waals surface area (Å²) in [6, 6.07) is 0.239. The highest BCUT2D eigenvalue weighted by molar-refractivity contribution is 5.79. The molecule has 130 valence electrons. The first kappa shape index (κ1) is 15.8. The molecule has 1 aromatic rings. The van der Waals surface area contributed by atoms with Crippen molar-refractivity contribution < 1.29 is 9.53 Å². The largest absolute Gasteiger partial charge is 0.378 e. The molecule has 1 saturated carbocycles. The normalized spacial score (nSPS) is 24.7. The van der Waals surface area contributed by atoms with E-state index in [1.165, 1.54) is 18.4 Å². The minimum absolute atomic E-state index is 0.239. The van der Waals surface area contributed by atoms with Gasteiger partial charge in [-0.3, -0.25) is 4.79 Å². The molecule has 3 aliphatic rings. The quantitative estimate of drug-likeness (QED) is 0.909. The molecule has 1 atom stereocenters. The summed E-state index contributed by atoms with van der Waals surface area (Å²) in [6.07, 6.45) is 9.23. The molecule has 0 radical (unpaired) electrons. The molecular formula is C18H26N4O2. The third kappa shape index (κ3) is 3.38. The van der Waals surface area contributed by atoms with E-state index in [0.717, 1.165) is 70.0 Å². The lowest BCUT2D eigenvalue weighted by Crippen LogP contribution is -2.42. The minimum atomic E-state index is 0.239. The van der Waals surface area contributed by atoms with Gasteiger partial charge in [-0.15, -0.1) is 0 Å². The smallest absolute Gasteiger partial charge is 0.225 e. The molecule has 2 fully saturated rings. The molecule has 0 bridgehead atoms. The second-order valence-corrected chi connectivity index (χ2v) is 7.17. The van der Waals surface area contributed by atoms with Crippen LogP contribution in [-0.2, 0) is 22.4 Å². The molecule has 0 aromatic carbocycles. The average molecular weight is 330 g/mol. The van der Waals surface area contributed by atoms with Crippen LogP contribution >= 0.6 is 0 Å². The molecule has 6 nitrogen and oxygen atoms in total. The molecule has 1 unspecified atom stereocenters. The zero-order chi connectivity index (χ0) is 16.4. The van der Waals surface area contributed by atoms with E-state index in [-0.39, 0.29) is 17.9 Å². The lowest BCUT2D eigenvalue weighted by molar-refractivity contribution is -0.125. The van der Waals surface area contributed by atoms with Gasteiger partial charge in [0.15, 0.2) is 0 Å². The van der Waals surface area contributed by atoms with Gasteiger partial charge in [0.2, 0.25) is 11.9 Å². The fraction of sp³-hybridized carbons (Fsp3) is 0.722. The number of carbonyl (C=O) groups is 1. The Morgan fingerprint density at radius 2 is 2.00 bits per heavy atom. The highest BCUT2D eigenvalue weighted by Gasteiger charge is 2.27. The predicted octanol–water partition coefficient (Wildman–Crippen LogP) is 1.48. The van der Waals surface area contributed by atoms with Gasteiger partial charge in [0, 0.05) is 36.9 Å². The van der Waals surface area contributed by atoms with Crippen LogP contribution in [0.2, 0.25) is 0 Å². The standard InChI is InChI=1S/C18H26N4O2/c23-17(13-3-1-2-4-13)20-15-5-6-16-14(11-15)12-19-18(21-16)22-7-9-24-10-8-22/h12-13,15H,1-11H2,(H,20,23). The molecule has 1 N–H and O–H groups in total. The summed E-state index contributed by atoms with van der Waals surface area (Å²) < 4.78 is 5.39. The van der Waals surface area contributed by atoms with Crippen molar-refractivity contribution in [1.29, 1.82) is 0 Å². The monoisotopic (exact) mass is 330 g/mol. The molecule has 4 rings (SSSR count). The Morgan fingerprint density at radius 3 is 2.79 bits per heavy atom. The molecule has 2 heterocycles. The van der Waals surface area contributed by atoms with Crippen LogP contribution < -0.4 is 10.2 Å². The van der Waals surface area contributed by atoms with Crippen molar-refractivity contribution in [2.75, 3.05) is 31.2 Å². The molecule has 1 aliphatic heterocycles. The molecule has 24 heavy (non-hydrogen) atoms. The fourth-order valence-corrected chi connectivity index (χ4v) is 4.04. The van der Waals surface area contributed by atoms with Crippen LogP contribution in [-0.4, -0.2) is 48.2 Å². The first-order valence-electron chi connectivity index (χ1n) is 9.27. The Balaban J connectivity index is 1.39. The number of hydrogen-bond donors (Lipinski definition) is 1. The van der Waals surface area contributed by atoms with Gasteiger partial charge in [-0.25, -0.2) is 9.97 Å². The van der Waals surface area contributed by atoms with Crippen molar-refractivity contribution in [1.82, 2.24) is 15.3 Å². The second-order valence-electron chi connectivity index (χ2n) is 7.17. The van der Waals surface area contributed by atoms with Crippen LogP contribution in [0.4, 0.5) is 5.95 Å². The van der Waals surface area contributed by atoms with E-state index in [1.54, 1.807) is 0 Å². The van der Waals surface area contributed by atoms with E-state index in [4.69, 9.17) is 9.72 Å². The van der Waals surface area contributed by atoms with Crippen molar-refractivity contribution in [2.24, 2.45) is 5.92 Å². The maximum absolute atomic E-state index is 12.3. The first-order valence-corrected chi connectivity index (χ1v) is 9.27. The highest BCUT2D eigenvalue weighted by atomic mass is 16.5. The van der Waals surface area contributed by atoms with Crippen LogP contribution in [0.15, 0.2) is 6.20 Å². The van der Waals surface area contributed by atoms with E-state index in [2.05, 4.69) is 15.2 Å². The summed E-state index contributed by atoms with van der Waals surface area (Å²) in [5.41, 5.74) is 2.34. The molecule has 1 amide bonds. The van der Waals surface area contributed by atoms with Crippen molar-refractivity contribution in [3.05, 3.63) is 17.5 Å². The Hall–Kier alpha value is -1.69. The molecule has 0 spiro atoms. The molecule has 6 heteroatoms. The Kier molecular flexibility index (Phi) is 4.65. The van der Waals surface area contributed by atoms with Gasteiger partial charge < -0.3 is 15.0 Å². The van der Waals surface area contributed by atoms with Gasteiger partial charge >= 0.3 is 0 Å². The number of nitrogens with one attached hydrogen (secondary N) is 1. The van der Waals surface area contributed by atoms with Crippen LogP contribution in [0.3, 0.4) is 0 Å². The van der Waals surface area contributed by atoms with E-state index >= 15 is 0 Å². The van der Waals surface area contributed by atoms with Crippen molar-refractivity contribution >= 4 is 11.9 Å². The van der Waals surface area contributed by atoms with Gasteiger partial charge in [-0.1, -0.05) is 12.8 Å². The summed E-state index contributed by atoms with van der Waals surface area (Å²) >= 11 is 0. The van der Waals surface area contributed by atoms with Crippen LogP contribution in [0.25, 0.3) is 0 Å². The number of anilines is 1. The molecule has 1 saturated heterocycles. The van der Waals surface area contributed by atoms with Crippen molar-refractivity contribution in [2.45, 2.75) is 51.0 Å². The molecule has 2 aliphatic carbocycles. The fourth-order valence-electron chi connectivity index (χ4n) is 4.04.